The van der Waals surface area contributed by atoms with Crippen molar-refractivity contribution in [1.82, 2.24) is 5.23 Å². The molecule has 1 fully saturated rings. The number of hydrogen-bond acceptors (Lipinski definition) is 4. The van der Waals surface area contributed by atoms with Crippen molar-refractivity contribution in [2.24, 2.45) is 5.92 Å². The van der Waals surface area contributed by atoms with Gasteiger partial charge in [-0.2, -0.15) is 0 Å². The van der Waals surface area contributed by atoms with Crippen molar-refractivity contribution in [3.63, 3.8) is 0 Å². The Bertz CT molecular complexity index is 613. The second kappa shape index (κ2) is 5.47. The van der Waals surface area contributed by atoms with E-state index in [0.717, 1.165) is 37.7 Å². The molecule has 2 N–H and O–H groups in total. The second-order valence-corrected chi connectivity index (χ2v) is 8.22. The Hall–Kier alpha value is -1.10. The van der Waals surface area contributed by atoms with Gasteiger partial charge in [0, 0.05) is 5.54 Å². The number of aryl methyl sites for hydroxylation is 1. The molecule has 3 unspecified atom stereocenters. The Morgan fingerprint density at radius 1 is 1.26 bits per heavy atom. The standard InChI is InChI=1S/C19H28NO3/c1-12(2)14-10-13-6-7-17-18(3,15(13)11-16(14)21)8-5-9-19(17,4)20(22)23/h10-12,17,21-22H,5-9H2,1-4H3/q-1. The molecule has 0 amide bonds. The number of hydrogen-bond donors (Lipinski definition) is 2. The number of phenolic OH excluding ortho intramolecular Hbond substituents is 1. The molecular formula is C19H28NO3-. The molecule has 0 aromatic heterocycles. The summed E-state index contributed by atoms with van der Waals surface area (Å²) in [5.41, 5.74) is 2.56. The quantitative estimate of drug-likeness (QED) is 0.790. The van der Waals surface area contributed by atoms with Gasteiger partial charge in [0.05, 0.1) is 0 Å². The first kappa shape index (κ1) is 16.7. The minimum atomic E-state index is -0.739. The molecule has 1 aromatic rings. The van der Waals surface area contributed by atoms with E-state index in [1.165, 1.54) is 11.1 Å². The van der Waals surface area contributed by atoms with Gasteiger partial charge in [0.2, 0.25) is 0 Å². The van der Waals surface area contributed by atoms with E-state index in [4.69, 9.17) is 0 Å². The molecule has 3 atom stereocenters. The number of aromatic hydroxyl groups is 1. The molecule has 2 aliphatic carbocycles. The molecule has 0 heterocycles. The Kier molecular flexibility index (Phi) is 3.98. The highest BCUT2D eigenvalue weighted by Gasteiger charge is 2.52. The smallest absolute Gasteiger partial charge is 0.119 e. The van der Waals surface area contributed by atoms with Gasteiger partial charge in [0.15, 0.2) is 0 Å². The lowest BCUT2D eigenvalue weighted by atomic mass is 9.52. The molecule has 0 aliphatic heterocycles. The maximum atomic E-state index is 11.9. The summed E-state index contributed by atoms with van der Waals surface area (Å²) in [7, 11) is 0. The predicted molar refractivity (Wildman–Crippen MR) is 90.6 cm³/mol. The molecule has 0 saturated heterocycles. The Morgan fingerprint density at radius 2 is 1.96 bits per heavy atom. The van der Waals surface area contributed by atoms with Crippen LogP contribution in [-0.2, 0) is 11.8 Å². The summed E-state index contributed by atoms with van der Waals surface area (Å²) in [6.45, 7) is 8.27. The zero-order chi connectivity index (χ0) is 17.0. The van der Waals surface area contributed by atoms with Crippen molar-refractivity contribution in [2.45, 2.75) is 76.7 Å². The highest BCUT2D eigenvalue weighted by Crippen LogP contribution is 2.55. The molecule has 3 rings (SSSR count). The fraction of sp³-hybridized carbons (Fsp3) is 0.684. The summed E-state index contributed by atoms with van der Waals surface area (Å²) >= 11 is 0. The number of hydroxylamine groups is 2. The van der Waals surface area contributed by atoms with E-state index in [0.29, 0.717) is 5.75 Å². The molecule has 1 saturated carbocycles. The van der Waals surface area contributed by atoms with Crippen molar-refractivity contribution in [1.29, 1.82) is 0 Å². The van der Waals surface area contributed by atoms with E-state index in [9.17, 15) is 15.5 Å². The summed E-state index contributed by atoms with van der Waals surface area (Å²) in [6.07, 6.45) is 4.43. The largest absolute Gasteiger partial charge is 0.762 e. The summed E-state index contributed by atoms with van der Waals surface area (Å²) in [6, 6.07) is 4.08. The molecule has 0 bridgehead atoms. The number of phenols is 1. The average molecular weight is 318 g/mol. The van der Waals surface area contributed by atoms with Gasteiger partial charge in [-0.05, 0) is 72.6 Å². The Balaban J connectivity index is 2.11. The summed E-state index contributed by atoms with van der Waals surface area (Å²) in [5.74, 6) is 0.746. The van der Waals surface area contributed by atoms with Crippen LogP contribution in [0.1, 0.15) is 76.0 Å². The van der Waals surface area contributed by atoms with Crippen molar-refractivity contribution in [2.75, 3.05) is 0 Å². The number of rotatable bonds is 2. The van der Waals surface area contributed by atoms with Gasteiger partial charge >= 0.3 is 0 Å². The average Bonchev–Trinajstić information content (AvgIpc) is 2.46. The SMILES string of the molecule is CC(C)c1cc2c(cc1O)C1(C)CCCC(C)(N([O-])O)C1CC2. The van der Waals surface area contributed by atoms with Crippen LogP contribution >= 0.6 is 0 Å². The van der Waals surface area contributed by atoms with Gasteiger partial charge in [-0.25, -0.2) is 0 Å². The number of fused-ring (bicyclic) bond motifs is 3. The highest BCUT2D eigenvalue weighted by molar-refractivity contribution is 5.49. The van der Waals surface area contributed by atoms with Crippen LogP contribution in [0.3, 0.4) is 0 Å². The molecule has 23 heavy (non-hydrogen) atoms. The number of benzene rings is 1. The van der Waals surface area contributed by atoms with Crippen LogP contribution in [0.4, 0.5) is 0 Å². The van der Waals surface area contributed by atoms with Gasteiger partial charge < -0.3 is 15.5 Å². The maximum absolute atomic E-state index is 11.9. The van der Waals surface area contributed by atoms with Crippen molar-refractivity contribution in [3.8, 4) is 5.75 Å². The first-order valence-corrected chi connectivity index (χ1v) is 8.72. The lowest BCUT2D eigenvalue weighted by Gasteiger charge is -2.59. The first-order chi connectivity index (χ1) is 10.7. The third-order valence-corrected chi connectivity index (χ3v) is 6.53. The van der Waals surface area contributed by atoms with Crippen LogP contribution in [0.2, 0.25) is 0 Å². The van der Waals surface area contributed by atoms with Gasteiger partial charge in [0.25, 0.3) is 0 Å². The van der Waals surface area contributed by atoms with Crippen LogP contribution in [0, 0.1) is 11.1 Å². The Labute approximate surface area is 138 Å². The lowest BCUT2D eigenvalue weighted by molar-refractivity contribution is -0.174. The fourth-order valence-electron chi connectivity index (χ4n) is 5.18. The topological polar surface area (TPSA) is 66.8 Å². The predicted octanol–water partition coefficient (Wildman–Crippen LogP) is 4.47. The minimum Gasteiger partial charge on any atom is -0.762 e. The molecular weight excluding hydrogens is 290 g/mol. The Morgan fingerprint density at radius 3 is 2.57 bits per heavy atom. The van der Waals surface area contributed by atoms with Crippen molar-refractivity contribution < 1.29 is 10.3 Å². The van der Waals surface area contributed by atoms with Crippen LogP contribution in [0.5, 0.6) is 5.75 Å². The van der Waals surface area contributed by atoms with E-state index >= 15 is 0 Å². The molecule has 0 spiro atoms. The van der Waals surface area contributed by atoms with E-state index in [1.54, 1.807) is 0 Å². The van der Waals surface area contributed by atoms with Crippen LogP contribution in [0.15, 0.2) is 12.1 Å². The first-order valence-electron chi connectivity index (χ1n) is 8.72. The maximum Gasteiger partial charge on any atom is 0.119 e. The molecule has 4 nitrogen and oxygen atoms in total. The molecule has 1 aromatic carbocycles. The van der Waals surface area contributed by atoms with E-state index < -0.39 is 5.54 Å². The van der Waals surface area contributed by atoms with E-state index in [2.05, 4.69) is 26.8 Å². The van der Waals surface area contributed by atoms with Crippen LogP contribution in [0.25, 0.3) is 0 Å². The van der Waals surface area contributed by atoms with Gasteiger partial charge in [-0.1, -0.05) is 33.3 Å². The lowest BCUT2D eigenvalue weighted by Crippen LogP contribution is -2.58. The third kappa shape index (κ3) is 2.39. The monoisotopic (exact) mass is 318 g/mol. The molecule has 128 valence electrons. The zero-order valence-corrected chi connectivity index (χ0v) is 14.6. The van der Waals surface area contributed by atoms with Gasteiger partial charge in [-0.15, -0.1) is 0 Å². The van der Waals surface area contributed by atoms with Crippen LogP contribution < -0.4 is 0 Å². The number of nitrogens with zero attached hydrogens (tertiary/aromatic N) is 1. The van der Waals surface area contributed by atoms with Gasteiger partial charge in [0.1, 0.15) is 5.75 Å². The van der Waals surface area contributed by atoms with Crippen LogP contribution in [-0.4, -0.2) is 21.1 Å². The zero-order valence-electron chi connectivity index (χ0n) is 14.6. The van der Waals surface area contributed by atoms with E-state index in [1.807, 2.05) is 13.0 Å². The third-order valence-electron chi connectivity index (χ3n) is 6.53. The summed E-state index contributed by atoms with van der Waals surface area (Å²) < 4.78 is 0. The van der Waals surface area contributed by atoms with E-state index in [-0.39, 0.29) is 22.5 Å². The summed E-state index contributed by atoms with van der Waals surface area (Å²) in [5, 5.41) is 32.3. The summed E-state index contributed by atoms with van der Waals surface area (Å²) in [4.78, 5) is 0. The second-order valence-electron chi connectivity index (χ2n) is 8.22. The van der Waals surface area contributed by atoms with Crippen molar-refractivity contribution in [3.05, 3.63) is 34.0 Å². The minimum absolute atomic E-state index is 0.100. The van der Waals surface area contributed by atoms with Crippen molar-refractivity contribution >= 4 is 0 Å². The van der Waals surface area contributed by atoms with Gasteiger partial charge in [-0.3, -0.25) is 5.23 Å². The normalized spacial score (nSPS) is 33.7. The fourth-order valence-corrected chi connectivity index (χ4v) is 5.18. The molecule has 4 heteroatoms. The molecule has 0 radical (unpaired) electrons. The highest BCUT2D eigenvalue weighted by atomic mass is 16.8. The molecule has 2 aliphatic rings.